The second-order valence-corrected chi connectivity index (χ2v) is 6.65. The Kier molecular flexibility index (Phi) is 4.09. The number of rotatable bonds is 3. The van der Waals surface area contributed by atoms with E-state index in [9.17, 15) is 9.18 Å². The maximum Gasteiger partial charge on any atom is 0.258 e. The Morgan fingerprint density at radius 1 is 1.24 bits per heavy atom. The third-order valence-corrected chi connectivity index (χ3v) is 4.92. The Morgan fingerprint density at radius 3 is 2.84 bits per heavy atom. The fourth-order valence-electron chi connectivity index (χ4n) is 3.68. The molecule has 0 radical (unpaired) electrons. The van der Waals surface area contributed by atoms with Crippen molar-refractivity contribution < 1.29 is 4.39 Å². The van der Waals surface area contributed by atoms with Crippen molar-refractivity contribution in [3.8, 4) is 0 Å². The summed E-state index contributed by atoms with van der Waals surface area (Å²) in [7, 11) is 0. The third-order valence-electron chi connectivity index (χ3n) is 4.92. The summed E-state index contributed by atoms with van der Waals surface area (Å²) in [5.41, 5.74) is 3.54. The topological polar surface area (TPSA) is 37.6 Å². The van der Waals surface area contributed by atoms with Gasteiger partial charge in [-0.1, -0.05) is 18.2 Å². The summed E-state index contributed by atoms with van der Waals surface area (Å²) in [6, 6.07) is 12.4. The molecule has 1 atom stereocenters. The fraction of sp³-hybridized carbons (Fsp3) is 0.300. The monoisotopic (exact) mass is 337 g/mol. The minimum absolute atomic E-state index is 0.0544. The summed E-state index contributed by atoms with van der Waals surface area (Å²) >= 11 is 0. The Labute approximate surface area is 145 Å². The molecular formula is C20H20FN3O. The van der Waals surface area contributed by atoms with Crippen LogP contribution in [-0.2, 0) is 6.54 Å². The molecule has 0 amide bonds. The summed E-state index contributed by atoms with van der Waals surface area (Å²) in [5.74, 6) is -0.215. The van der Waals surface area contributed by atoms with Crippen LogP contribution in [0.2, 0.25) is 0 Å². The van der Waals surface area contributed by atoms with E-state index in [4.69, 9.17) is 4.98 Å². The Balaban J connectivity index is 1.65. The first-order chi connectivity index (χ1) is 12.1. The number of hydrogen-bond donors (Lipinski definition) is 0. The molecule has 3 aromatic rings. The number of pyridine rings is 1. The van der Waals surface area contributed by atoms with E-state index in [2.05, 4.69) is 4.90 Å². The molecule has 0 aliphatic carbocycles. The third kappa shape index (κ3) is 3.07. The average molecular weight is 337 g/mol. The van der Waals surface area contributed by atoms with Crippen LogP contribution in [0.4, 0.5) is 4.39 Å². The first kappa shape index (κ1) is 16.0. The van der Waals surface area contributed by atoms with Crippen LogP contribution in [0.1, 0.15) is 35.7 Å². The van der Waals surface area contributed by atoms with E-state index in [1.807, 2.05) is 31.2 Å². The van der Waals surface area contributed by atoms with Gasteiger partial charge in [0.1, 0.15) is 11.5 Å². The van der Waals surface area contributed by atoms with Gasteiger partial charge in [0, 0.05) is 24.8 Å². The van der Waals surface area contributed by atoms with Gasteiger partial charge < -0.3 is 0 Å². The van der Waals surface area contributed by atoms with E-state index in [-0.39, 0.29) is 17.4 Å². The van der Waals surface area contributed by atoms with Crippen LogP contribution in [0.25, 0.3) is 5.65 Å². The summed E-state index contributed by atoms with van der Waals surface area (Å²) in [5, 5.41) is 0. The highest BCUT2D eigenvalue weighted by Gasteiger charge is 2.26. The number of fused-ring (bicyclic) bond motifs is 1. The van der Waals surface area contributed by atoms with Gasteiger partial charge in [0.05, 0.1) is 5.69 Å². The van der Waals surface area contributed by atoms with Crippen LogP contribution in [0.15, 0.2) is 53.5 Å². The predicted octanol–water partition coefficient (Wildman–Crippen LogP) is 3.48. The molecule has 1 fully saturated rings. The Morgan fingerprint density at radius 2 is 2.04 bits per heavy atom. The van der Waals surface area contributed by atoms with Gasteiger partial charge in [-0.15, -0.1) is 0 Å². The Hall–Kier alpha value is -2.53. The molecule has 4 rings (SSSR count). The average Bonchev–Trinajstić information content (AvgIpc) is 3.05. The van der Waals surface area contributed by atoms with Crippen molar-refractivity contribution in [1.82, 2.24) is 14.3 Å². The maximum atomic E-state index is 13.2. The van der Waals surface area contributed by atoms with E-state index in [1.54, 1.807) is 16.7 Å². The molecule has 0 saturated carbocycles. The van der Waals surface area contributed by atoms with Crippen molar-refractivity contribution in [3.63, 3.8) is 0 Å². The van der Waals surface area contributed by atoms with Gasteiger partial charge in [-0.25, -0.2) is 9.37 Å². The van der Waals surface area contributed by atoms with Crippen LogP contribution in [0, 0.1) is 12.7 Å². The van der Waals surface area contributed by atoms with Gasteiger partial charge in [-0.2, -0.15) is 0 Å². The molecule has 0 spiro atoms. The van der Waals surface area contributed by atoms with Crippen molar-refractivity contribution in [1.29, 1.82) is 0 Å². The van der Waals surface area contributed by atoms with Crippen LogP contribution >= 0.6 is 0 Å². The van der Waals surface area contributed by atoms with Gasteiger partial charge in [0.15, 0.2) is 0 Å². The first-order valence-electron chi connectivity index (χ1n) is 8.59. The van der Waals surface area contributed by atoms with Crippen LogP contribution in [0.5, 0.6) is 0 Å². The zero-order chi connectivity index (χ0) is 17.4. The number of likely N-dealkylation sites (tertiary alicyclic amines) is 1. The van der Waals surface area contributed by atoms with Crippen molar-refractivity contribution >= 4 is 5.65 Å². The fourth-order valence-corrected chi connectivity index (χ4v) is 3.68. The molecule has 25 heavy (non-hydrogen) atoms. The van der Waals surface area contributed by atoms with Crippen LogP contribution < -0.4 is 5.56 Å². The molecule has 4 nitrogen and oxygen atoms in total. The first-order valence-corrected chi connectivity index (χ1v) is 8.59. The van der Waals surface area contributed by atoms with Gasteiger partial charge in [-0.05, 0) is 55.6 Å². The molecule has 1 aromatic carbocycles. The molecule has 128 valence electrons. The van der Waals surface area contributed by atoms with E-state index >= 15 is 0 Å². The van der Waals surface area contributed by atoms with Crippen molar-refractivity contribution in [3.05, 3.63) is 81.7 Å². The predicted molar refractivity (Wildman–Crippen MR) is 95.0 cm³/mol. The Bertz CT molecular complexity index is 965. The molecule has 1 aliphatic rings. The van der Waals surface area contributed by atoms with E-state index in [0.717, 1.165) is 36.2 Å². The van der Waals surface area contributed by atoms with Gasteiger partial charge >= 0.3 is 0 Å². The molecular weight excluding hydrogens is 317 g/mol. The molecule has 5 heteroatoms. The summed E-state index contributed by atoms with van der Waals surface area (Å²) in [4.78, 5) is 19.4. The molecule has 1 saturated heterocycles. The lowest BCUT2D eigenvalue weighted by molar-refractivity contribution is 0.245. The molecule has 3 heterocycles. The van der Waals surface area contributed by atoms with Crippen molar-refractivity contribution in [2.75, 3.05) is 6.54 Å². The summed E-state index contributed by atoms with van der Waals surface area (Å²) in [6.07, 6.45) is 3.88. The summed E-state index contributed by atoms with van der Waals surface area (Å²) < 4.78 is 14.8. The minimum atomic E-state index is -0.215. The van der Waals surface area contributed by atoms with Gasteiger partial charge in [-0.3, -0.25) is 14.1 Å². The number of hydrogen-bond acceptors (Lipinski definition) is 3. The summed E-state index contributed by atoms with van der Waals surface area (Å²) in [6.45, 7) is 3.54. The van der Waals surface area contributed by atoms with E-state index < -0.39 is 0 Å². The lowest BCUT2D eigenvalue weighted by Crippen LogP contribution is -2.25. The quantitative estimate of drug-likeness (QED) is 0.734. The van der Waals surface area contributed by atoms with Crippen LogP contribution in [0.3, 0.4) is 0 Å². The highest BCUT2D eigenvalue weighted by Crippen LogP contribution is 2.32. The largest absolute Gasteiger partial charge is 0.291 e. The number of nitrogens with zero attached hydrogens (tertiary/aromatic N) is 3. The SMILES string of the molecule is Cc1cccn2c(=O)cc(CN3CCC[C@@H]3c3ccc(F)cc3)nc12. The number of aromatic nitrogens is 2. The number of aryl methyl sites for hydroxylation is 1. The zero-order valence-corrected chi connectivity index (χ0v) is 14.2. The van der Waals surface area contributed by atoms with Gasteiger partial charge in [0.25, 0.3) is 5.56 Å². The van der Waals surface area contributed by atoms with E-state index in [0.29, 0.717) is 12.2 Å². The smallest absolute Gasteiger partial charge is 0.258 e. The minimum Gasteiger partial charge on any atom is -0.291 e. The second kappa shape index (κ2) is 6.41. The highest BCUT2D eigenvalue weighted by atomic mass is 19.1. The molecule has 0 unspecified atom stereocenters. The van der Waals surface area contributed by atoms with Crippen molar-refractivity contribution in [2.45, 2.75) is 32.4 Å². The van der Waals surface area contributed by atoms with E-state index in [1.165, 1.54) is 12.1 Å². The zero-order valence-electron chi connectivity index (χ0n) is 14.2. The second-order valence-electron chi connectivity index (χ2n) is 6.65. The van der Waals surface area contributed by atoms with Crippen LogP contribution in [-0.4, -0.2) is 20.8 Å². The standard InChI is InChI=1S/C20H20FN3O/c1-14-4-2-11-24-19(25)12-17(22-20(14)24)13-23-10-3-5-18(23)15-6-8-16(21)9-7-15/h2,4,6-9,11-12,18H,3,5,10,13H2,1H3/t18-/m1/s1. The molecule has 2 aromatic heterocycles. The van der Waals surface area contributed by atoms with Crippen molar-refractivity contribution in [2.24, 2.45) is 0 Å². The lowest BCUT2D eigenvalue weighted by atomic mass is 10.0. The number of benzene rings is 1. The highest BCUT2D eigenvalue weighted by molar-refractivity contribution is 5.46. The molecule has 0 bridgehead atoms. The molecule has 0 N–H and O–H groups in total. The number of halogens is 1. The lowest BCUT2D eigenvalue weighted by Gasteiger charge is -2.24. The molecule has 1 aliphatic heterocycles. The maximum absolute atomic E-state index is 13.2. The van der Waals surface area contributed by atoms with Gasteiger partial charge in [0.2, 0.25) is 0 Å². The normalized spacial score (nSPS) is 18.1.